The van der Waals surface area contributed by atoms with E-state index in [4.69, 9.17) is 4.42 Å². The molecular weight excluding hydrogens is 373 g/mol. The number of nitrogens with one attached hydrogen (secondary N) is 2. The highest BCUT2D eigenvalue weighted by Crippen LogP contribution is 2.15. The van der Waals surface area contributed by atoms with E-state index in [2.05, 4.69) is 4.74 Å². The third-order valence-corrected chi connectivity index (χ3v) is 3.12. The minimum absolute atomic E-state index is 0.135. The predicted molar refractivity (Wildman–Crippen MR) is 85.1 cm³/mol. The van der Waals surface area contributed by atoms with E-state index in [1.54, 1.807) is 24.4 Å². The summed E-state index contributed by atoms with van der Waals surface area (Å²) in [6.07, 6.45) is -4.64. The van der Waals surface area contributed by atoms with Crippen LogP contribution in [0.15, 0.2) is 33.5 Å². The fourth-order valence-electron chi connectivity index (χ4n) is 1.96. The average Bonchev–Trinajstić information content (AvgIpc) is 2.57. The summed E-state index contributed by atoms with van der Waals surface area (Å²) in [7, 11) is 0. The molecule has 0 bridgehead atoms. The Kier molecular flexibility index (Phi) is 5.83. The van der Waals surface area contributed by atoms with Gasteiger partial charge < -0.3 is 14.5 Å². The second-order valence-corrected chi connectivity index (χ2v) is 5.40. The Morgan fingerprint density at radius 1 is 1.19 bits per heavy atom. The molecule has 0 aliphatic carbocycles. The van der Waals surface area contributed by atoms with Crippen LogP contribution in [0, 0.1) is 6.92 Å². The zero-order valence-corrected chi connectivity index (χ0v) is 13.8. The first-order chi connectivity index (χ1) is 12.5. The fraction of sp³-hybridized carbons (Fsp3) is 0.250. The van der Waals surface area contributed by atoms with Crippen molar-refractivity contribution < 1.29 is 36.7 Å². The lowest BCUT2D eigenvalue weighted by Gasteiger charge is -2.09. The maximum absolute atomic E-state index is 12.0. The highest BCUT2D eigenvalue weighted by molar-refractivity contribution is 5.96. The van der Waals surface area contributed by atoms with Gasteiger partial charge in [-0.25, -0.2) is 9.59 Å². The summed E-state index contributed by atoms with van der Waals surface area (Å²) >= 11 is 0. The lowest BCUT2D eigenvalue weighted by atomic mass is 10.1. The van der Waals surface area contributed by atoms with Crippen molar-refractivity contribution in [2.75, 3.05) is 13.2 Å². The van der Waals surface area contributed by atoms with E-state index in [1.807, 2.05) is 0 Å². The van der Waals surface area contributed by atoms with Gasteiger partial charge in [0.05, 0.1) is 5.39 Å². The van der Waals surface area contributed by atoms with E-state index < -0.39 is 48.4 Å². The molecule has 8 nitrogen and oxygen atoms in total. The summed E-state index contributed by atoms with van der Waals surface area (Å²) in [5.41, 5.74) is 0.449. The number of carbonyl (C=O) groups is 3. The van der Waals surface area contributed by atoms with Gasteiger partial charge in [0.15, 0.2) is 12.0 Å². The number of halogens is 3. The highest BCUT2D eigenvalue weighted by Gasteiger charge is 2.28. The second kappa shape index (κ2) is 7.89. The molecule has 0 saturated carbocycles. The van der Waals surface area contributed by atoms with Crippen molar-refractivity contribution in [3.63, 3.8) is 0 Å². The van der Waals surface area contributed by atoms with Gasteiger partial charge in [0.1, 0.15) is 12.1 Å². The van der Waals surface area contributed by atoms with Crippen molar-refractivity contribution >= 4 is 28.9 Å². The predicted octanol–water partition coefficient (Wildman–Crippen LogP) is 1.65. The van der Waals surface area contributed by atoms with Gasteiger partial charge in [0.2, 0.25) is 5.76 Å². The zero-order valence-electron chi connectivity index (χ0n) is 13.8. The first kappa shape index (κ1) is 19.9. The number of aryl methyl sites for hydroxylation is 1. The Balaban J connectivity index is 1.94. The number of hydrogen-bond donors (Lipinski definition) is 2. The van der Waals surface area contributed by atoms with Crippen molar-refractivity contribution in [1.29, 1.82) is 0 Å². The normalized spacial score (nSPS) is 11.1. The molecule has 2 N–H and O–H groups in total. The minimum Gasteiger partial charge on any atom is -0.450 e. The van der Waals surface area contributed by atoms with E-state index in [0.29, 0.717) is 0 Å². The van der Waals surface area contributed by atoms with Gasteiger partial charge in [-0.2, -0.15) is 13.2 Å². The van der Waals surface area contributed by atoms with Crippen LogP contribution in [0.3, 0.4) is 0 Å². The number of alkyl halides is 3. The van der Waals surface area contributed by atoms with E-state index in [-0.39, 0.29) is 11.0 Å². The molecule has 0 saturated heterocycles. The number of imide groups is 1. The van der Waals surface area contributed by atoms with Crippen molar-refractivity contribution in [3.8, 4) is 0 Å². The Hall–Kier alpha value is -3.37. The van der Waals surface area contributed by atoms with Crippen molar-refractivity contribution in [2.45, 2.75) is 13.1 Å². The smallest absolute Gasteiger partial charge is 0.405 e. The van der Waals surface area contributed by atoms with Crippen LogP contribution >= 0.6 is 0 Å². The van der Waals surface area contributed by atoms with Crippen LogP contribution in [0.4, 0.5) is 18.0 Å². The first-order valence-electron chi connectivity index (χ1n) is 7.41. The van der Waals surface area contributed by atoms with Crippen molar-refractivity contribution in [2.24, 2.45) is 0 Å². The summed E-state index contributed by atoms with van der Waals surface area (Å²) in [5.74, 6) is -2.78. The Bertz CT molecular complexity index is 951. The average molecular weight is 386 g/mol. The number of benzene rings is 1. The molecule has 2 rings (SSSR count). The maximum atomic E-state index is 12.0. The first-order valence-corrected chi connectivity index (χ1v) is 7.41. The maximum Gasteiger partial charge on any atom is 0.405 e. The van der Waals surface area contributed by atoms with Gasteiger partial charge in [-0.15, -0.1) is 0 Å². The Labute approximate surface area is 149 Å². The standard InChI is InChI=1S/C16H13F3N2O6/c1-8-2-3-11-9(4-8)10(22)5-12(27-11)14(24)26-6-13(23)21-15(25)20-7-16(17,18)19/h2-5H,6-7H2,1H3,(H2,20,21,23,25). The molecule has 0 fully saturated rings. The van der Waals surface area contributed by atoms with Crippen LogP contribution < -0.4 is 16.1 Å². The quantitative estimate of drug-likeness (QED) is 0.773. The van der Waals surface area contributed by atoms with Crippen LogP contribution in [0.5, 0.6) is 0 Å². The van der Waals surface area contributed by atoms with Crippen LogP contribution in [0.2, 0.25) is 0 Å². The molecular formula is C16H13F3N2O6. The second-order valence-electron chi connectivity index (χ2n) is 5.40. The summed E-state index contributed by atoms with van der Waals surface area (Å²) in [4.78, 5) is 46.4. The third kappa shape index (κ3) is 5.83. The number of esters is 1. The number of ether oxygens (including phenoxy) is 1. The molecule has 3 amide bonds. The highest BCUT2D eigenvalue weighted by atomic mass is 19.4. The molecule has 1 aromatic carbocycles. The lowest BCUT2D eigenvalue weighted by molar-refractivity contribution is -0.125. The van der Waals surface area contributed by atoms with E-state index in [9.17, 15) is 32.3 Å². The Morgan fingerprint density at radius 3 is 2.56 bits per heavy atom. The third-order valence-electron chi connectivity index (χ3n) is 3.12. The molecule has 144 valence electrons. The van der Waals surface area contributed by atoms with E-state index >= 15 is 0 Å². The summed E-state index contributed by atoms with van der Waals surface area (Å²) < 4.78 is 45.6. The SMILES string of the molecule is Cc1ccc2oc(C(=O)OCC(=O)NC(=O)NCC(F)(F)F)cc(=O)c2c1. The van der Waals surface area contributed by atoms with Crippen molar-refractivity contribution in [1.82, 2.24) is 10.6 Å². The fourth-order valence-corrected chi connectivity index (χ4v) is 1.96. The van der Waals surface area contributed by atoms with Gasteiger partial charge in [0, 0.05) is 6.07 Å². The van der Waals surface area contributed by atoms with Crippen LogP contribution in [-0.4, -0.2) is 37.2 Å². The number of amides is 3. The Morgan fingerprint density at radius 2 is 1.89 bits per heavy atom. The van der Waals surface area contributed by atoms with Gasteiger partial charge in [-0.3, -0.25) is 14.9 Å². The monoisotopic (exact) mass is 386 g/mol. The summed E-state index contributed by atoms with van der Waals surface area (Å²) in [6.45, 7) is -0.827. The van der Waals surface area contributed by atoms with Crippen LogP contribution in [0.25, 0.3) is 11.0 Å². The largest absolute Gasteiger partial charge is 0.450 e. The van der Waals surface area contributed by atoms with Crippen LogP contribution in [0.1, 0.15) is 16.1 Å². The molecule has 0 aliphatic heterocycles. The molecule has 2 aromatic rings. The number of carbonyl (C=O) groups excluding carboxylic acids is 3. The summed E-state index contributed by atoms with van der Waals surface area (Å²) in [6, 6.07) is 4.20. The van der Waals surface area contributed by atoms with Gasteiger partial charge in [0.25, 0.3) is 5.91 Å². The molecule has 1 heterocycles. The molecule has 0 unspecified atom stereocenters. The zero-order chi connectivity index (χ0) is 20.2. The van der Waals surface area contributed by atoms with Gasteiger partial charge in [-0.1, -0.05) is 11.6 Å². The van der Waals surface area contributed by atoms with E-state index in [1.165, 1.54) is 11.4 Å². The molecule has 0 atom stereocenters. The number of fused-ring (bicyclic) bond motifs is 1. The van der Waals surface area contributed by atoms with E-state index in [0.717, 1.165) is 11.6 Å². The van der Waals surface area contributed by atoms with Crippen LogP contribution in [-0.2, 0) is 9.53 Å². The molecule has 11 heteroatoms. The number of urea groups is 1. The topological polar surface area (TPSA) is 115 Å². The lowest BCUT2D eigenvalue weighted by Crippen LogP contribution is -2.44. The molecule has 27 heavy (non-hydrogen) atoms. The molecule has 0 aliphatic rings. The number of rotatable bonds is 4. The van der Waals surface area contributed by atoms with Crippen molar-refractivity contribution in [3.05, 3.63) is 45.8 Å². The molecule has 1 aromatic heterocycles. The van der Waals surface area contributed by atoms with Gasteiger partial charge in [-0.05, 0) is 19.1 Å². The minimum atomic E-state index is -4.64. The molecule has 0 radical (unpaired) electrons. The van der Waals surface area contributed by atoms with Gasteiger partial charge >= 0.3 is 18.2 Å². The number of hydrogen-bond acceptors (Lipinski definition) is 6. The summed E-state index contributed by atoms with van der Waals surface area (Å²) in [5, 5.41) is 3.21. The molecule has 0 spiro atoms.